The fourth-order valence-electron chi connectivity index (χ4n) is 1.75. The van der Waals surface area contributed by atoms with Crippen LogP contribution in [0.2, 0.25) is 0 Å². The van der Waals surface area contributed by atoms with Crippen LogP contribution in [0.4, 0.5) is 0 Å². The first kappa shape index (κ1) is 24.6. The van der Waals surface area contributed by atoms with Crippen molar-refractivity contribution in [3.8, 4) is 0 Å². The summed E-state index contributed by atoms with van der Waals surface area (Å²) in [6, 6.07) is 0. The van der Waals surface area contributed by atoms with E-state index in [1.54, 1.807) is 12.2 Å². The maximum atomic E-state index is 10.4. The molecule has 0 atom stereocenters. The van der Waals surface area contributed by atoms with Crippen molar-refractivity contribution in [2.75, 3.05) is 0 Å². The molecule has 0 aromatic rings. The lowest BCUT2D eigenvalue weighted by Crippen LogP contribution is -1.85. The van der Waals surface area contributed by atoms with Crippen LogP contribution in [0.3, 0.4) is 0 Å². The highest BCUT2D eigenvalue weighted by Crippen LogP contribution is 2.02. The van der Waals surface area contributed by atoms with Gasteiger partial charge in [-0.3, -0.25) is 0 Å². The first-order valence-corrected chi connectivity index (χ1v) is 8.74. The monoisotopic (exact) mass is 380 g/mol. The maximum Gasteiger partial charge on any atom is 0.328 e. The lowest BCUT2D eigenvalue weighted by Gasteiger charge is -1.90. The molecule has 0 rings (SSSR count). The van der Waals surface area contributed by atoms with E-state index < -0.39 is 11.9 Å². The molecule has 28 heavy (non-hydrogen) atoms. The number of carboxylic acids is 2. The first-order valence-electron chi connectivity index (χ1n) is 8.74. The van der Waals surface area contributed by atoms with Crippen molar-refractivity contribution in [1.82, 2.24) is 0 Å². The molecular formula is C24H28O4. The molecule has 2 N–H and O–H groups in total. The van der Waals surface area contributed by atoms with E-state index in [0.29, 0.717) is 0 Å². The molecule has 0 unspecified atom stereocenters. The number of hydrogen-bond donors (Lipinski definition) is 2. The van der Waals surface area contributed by atoms with Gasteiger partial charge in [-0.05, 0) is 27.7 Å². The zero-order valence-electron chi connectivity index (χ0n) is 16.8. The summed E-state index contributed by atoms with van der Waals surface area (Å²) in [5, 5.41) is 17.1. The molecule has 0 heterocycles. The number of carboxylic acid groups (broad SMARTS) is 2. The Morgan fingerprint density at radius 3 is 1.07 bits per heavy atom. The van der Waals surface area contributed by atoms with Gasteiger partial charge in [-0.25, -0.2) is 9.59 Å². The van der Waals surface area contributed by atoms with E-state index in [1.807, 2.05) is 88.5 Å². The molecule has 4 heteroatoms. The Morgan fingerprint density at radius 1 is 0.464 bits per heavy atom. The number of carbonyl (C=O) groups is 2. The Bertz CT molecular complexity index is 740. The summed E-state index contributed by atoms with van der Waals surface area (Å²) in [6.45, 7) is 7.63. The Kier molecular flexibility index (Phi) is 12.9. The van der Waals surface area contributed by atoms with Crippen LogP contribution in [0.15, 0.2) is 107 Å². The van der Waals surface area contributed by atoms with Gasteiger partial charge in [0.15, 0.2) is 0 Å². The SMILES string of the molecule is CC(=C/C=C/C=C(C)/C=C/C=C(C)/C=C/C(=O)O)/C=C/C=C(C)\C=C\C(=O)O. The molecule has 0 aliphatic rings. The van der Waals surface area contributed by atoms with Crippen molar-refractivity contribution in [2.45, 2.75) is 27.7 Å². The van der Waals surface area contributed by atoms with Crippen molar-refractivity contribution in [3.05, 3.63) is 107 Å². The molecule has 0 bridgehead atoms. The van der Waals surface area contributed by atoms with Crippen LogP contribution in [0.1, 0.15) is 27.7 Å². The summed E-state index contributed by atoms with van der Waals surface area (Å²) in [5.41, 5.74) is 3.84. The second-order valence-corrected chi connectivity index (χ2v) is 6.09. The van der Waals surface area contributed by atoms with Crippen LogP contribution >= 0.6 is 0 Å². The third-order valence-corrected chi connectivity index (χ3v) is 3.24. The van der Waals surface area contributed by atoms with Gasteiger partial charge in [-0.15, -0.1) is 0 Å². The molecule has 4 nitrogen and oxygen atoms in total. The van der Waals surface area contributed by atoms with E-state index in [-0.39, 0.29) is 0 Å². The highest BCUT2D eigenvalue weighted by atomic mass is 16.4. The van der Waals surface area contributed by atoms with Gasteiger partial charge in [0.05, 0.1) is 0 Å². The molecule has 0 aliphatic heterocycles. The molecule has 0 saturated heterocycles. The fraction of sp³-hybridized carbons (Fsp3) is 0.167. The number of hydrogen-bond acceptors (Lipinski definition) is 2. The van der Waals surface area contributed by atoms with Crippen LogP contribution in [0, 0.1) is 0 Å². The van der Waals surface area contributed by atoms with E-state index in [1.165, 1.54) is 0 Å². The summed E-state index contributed by atoms with van der Waals surface area (Å²) in [6.07, 6.45) is 24.5. The van der Waals surface area contributed by atoms with Gasteiger partial charge in [0.25, 0.3) is 0 Å². The zero-order valence-corrected chi connectivity index (χ0v) is 16.8. The largest absolute Gasteiger partial charge is 0.478 e. The second kappa shape index (κ2) is 14.7. The van der Waals surface area contributed by atoms with Gasteiger partial charge >= 0.3 is 11.9 Å². The highest BCUT2D eigenvalue weighted by Gasteiger charge is 1.86. The standard InChI is InChI=1S/C24H28O4/c1-19(11-7-13-21(3)15-17-23(25)26)9-5-6-10-20(2)12-8-14-22(4)16-18-24(27)28/h5-18H,1-4H3,(H,25,26)(H,27,28)/b6-5+,11-7+,12-8+,17-15+,18-16+,19-9-,20-10+,21-13-,22-14+. The van der Waals surface area contributed by atoms with E-state index in [0.717, 1.165) is 34.4 Å². The van der Waals surface area contributed by atoms with Crippen LogP contribution in [0.25, 0.3) is 0 Å². The van der Waals surface area contributed by atoms with Gasteiger partial charge in [0.2, 0.25) is 0 Å². The van der Waals surface area contributed by atoms with Crippen molar-refractivity contribution in [3.63, 3.8) is 0 Å². The number of rotatable bonds is 10. The Balaban J connectivity index is 4.66. The van der Waals surface area contributed by atoms with E-state index in [4.69, 9.17) is 10.2 Å². The Morgan fingerprint density at radius 2 is 0.750 bits per heavy atom. The molecular weight excluding hydrogens is 352 g/mol. The molecule has 0 spiro atoms. The fourth-order valence-corrected chi connectivity index (χ4v) is 1.75. The van der Waals surface area contributed by atoms with Gasteiger partial charge in [0.1, 0.15) is 0 Å². The molecule has 0 saturated carbocycles. The van der Waals surface area contributed by atoms with Crippen molar-refractivity contribution < 1.29 is 19.8 Å². The van der Waals surface area contributed by atoms with Crippen molar-refractivity contribution in [2.24, 2.45) is 0 Å². The summed E-state index contributed by atoms with van der Waals surface area (Å²) in [7, 11) is 0. The molecule has 0 fully saturated rings. The van der Waals surface area contributed by atoms with Crippen LogP contribution in [-0.2, 0) is 9.59 Å². The first-order chi connectivity index (χ1) is 13.2. The summed E-state index contributed by atoms with van der Waals surface area (Å²) >= 11 is 0. The smallest absolute Gasteiger partial charge is 0.328 e. The predicted molar refractivity (Wildman–Crippen MR) is 116 cm³/mol. The lowest BCUT2D eigenvalue weighted by atomic mass is 10.2. The molecule has 0 amide bonds. The van der Waals surface area contributed by atoms with E-state index >= 15 is 0 Å². The van der Waals surface area contributed by atoms with Gasteiger partial charge in [0, 0.05) is 12.2 Å². The molecule has 0 aliphatic carbocycles. The number of aliphatic carboxylic acids is 2. The van der Waals surface area contributed by atoms with Crippen LogP contribution in [0.5, 0.6) is 0 Å². The van der Waals surface area contributed by atoms with Gasteiger partial charge in [-0.1, -0.05) is 95.2 Å². The van der Waals surface area contributed by atoms with E-state index in [9.17, 15) is 9.59 Å². The zero-order chi connectivity index (χ0) is 21.4. The van der Waals surface area contributed by atoms with Crippen molar-refractivity contribution >= 4 is 11.9 Å². The molecule has 0 aromatic heterocycles. The average molecular weight is 380 g/mol. The van der Waals surface area contributed by atoms with E-state index in [2.05, 4.69) is 0 Å². The minimum absolute atomic E-state index is 0.857. The van der Waals surface area contributed by atoms with Crippen LogP contribution < -0.4 is 0 Å². The predicted octanol–water partition coefficient (Wildman–Crippen LogP) is 5.72. The summed E-state index contributed by atoms with van der Waals surface area (Å²) < 4.78 is 0. The second-order valence-electron chi connectivity index (χ2n) is 6.09. The van der Waals surface area contributed by atoms with Gasteiger partial charge in [-0.2, -0.15) is 0 Å². The minimum Gasteiger partial charge on any atom is -0.478 e. The normalized spacial score (nSPS) is 15.1. The molecule has 0 aromatic carbocycles. The quantitative estimate of drug-likeness (QED) is 0.375. The minimum atomic E-state index is -0.961. The Hall–Kier alpha value is -3.40. The van der Waals surface area contributed by atoms with Crippen molar-refractivity contribution in [1.29, 1.82) is 0 Å². The maximum absolute atomic E-state index is 10.4. The number of allylic oxidation sites excluding steroid dienone is 16. The summed E-state index contributed by atoms with van der Waals surface area (Å²) in [5.74, 6) is -1.92. The van der Waals surface area contributed by atoms with Gasteiger partial charge < -0.3 is 10.2 Å². The molecule has 0 radical (unpaired) electrons. The highest BCUT2D eigenvalue weighted by molar-refractivity contribution is 5.80. The third kappa shape index (κ3) is 16.1. The van der Waals surface area contributed by atoms with Crippen LogP contribution in [-0.4, -0.2) is 22.2 Å². The third-order valence-electron chi connectivity index (χ3n) is 3.24. The average Bonchev–Trinajstić information content (AvgIpc) is 2.61. The Labute approximate surface area is 167 Å². The lowest BCUT2D eigenvalue weighted by molar-refractivity contribution is -0.132. The molecule has 148 valence electrons. The summed E-state index contributed by atoms with van der Waals surface area (Å²) in [4.78, 5) is 20.9. The topological polar surface area (TPSA) is 74.6 Å².